The van der Waals surface area contributed by atoms with Gasteiger partial charge in [-0.1, -0.05) is 29.8 Å². The van der Waals surface area contributed by atoms with Crippen LogP contribution < -0.4 is 5.01 Å². The van der Waals surface area contributed by atoms with E-state index in [0.717, 1.165) is 16.3 Å². The molecule has 3 rings (SSSR count). The van der Waals surface area contributed by atoms with E-state index in [1.165, 1.54) is 16.8 Å². The number of anilines is 1. The fourth-order valence-electron chi connectivity index (χ4n) is 2.09. The van der Waals surface area contributed by atoms with Crippen molar-refractivity contribution in [2.75, 3.05) is 5.01 Å². The highest BCUT2D eigenvalue weighted by Crippen LogP contribution is 2.32. The van der Waals surface area contributed by atoms with Gasteiger partial charge in [-0.15, -0.1) is 11.8 Å². The molecule has 0 aliphatic carbocycles. The van der Waals surface area contributed by atoms with E-state index in [1.807, 2.05) is 61.5 Å². The molecular formula is C16H13ClN2OS. The first-order chi connectivity index (χ1) is 10.1. The topological polar surface area (TPSA) is 32.7 Å². The molecule has 0 fully saturated rings. The number of para-hydroxylation sites is 1. The number of nitrogens with zero attached hydrogens (tertiary/aromatic N) is 2. The summed E-state index contributed by atoms with van der Waals surface area (Å²) in [7, 11) is 0. The molecule has 0 N–H and O–H groups in total. The molecule has 0 unspecified atom stereocenters. The number of hydrogen-bond donors (Lipinski definition) is 0. The summed E-state index contributed by atoms with van der Waals surface area (Å²) in [6.45, 7) is 1.88. The molecule has 106 valence electrons. The molecule has 21 heavy (non-hydrogen) atoms. The first-order valence-corrected chi connectivity index (χ1v) is 7.77. The van der Waals surface area contributed by atoms with Crippen LogP contribution in [0.4, 0.5) is 5.69 Å². The quantitative estimate of drug-likeness (QED) is 0.849. The number of rotatable bonds is 3. The molecule has 2 aromatic carbocycles. The number of hydrogen-bond acceptors (Lipinski definition) is 3. The minimum absolute atomic E-state index is 0.0151. The molecule has 1 aliphatic rings. The molecule has 3 nitrogen and oxygen atoms in total. The van der Waals surface area contributed by atoms with Crippen molar-refractivity contribution in [2.45, 2.75) is 17.1 Å². The van der Waals surface area contributed by atoms with Crippen LogP contribution in [0.15, 0.2) is 64.6 Å². The summed E-state index contributed by atoms with van der Waals surface area (Å²) in [5, 5.41) is 6.27. The minimum atomic E-state index is -0.286. The lowest BCUT2D eigenvalue weighted by atomic mass is 10.3. The molecule has 0 saturated carbocycles. The van der Waals surface area contributed by atoms with Gasteiger partial charge in [0.25, 0.3) is 5.91 Å². The van der Waals surface area contributed by atoms with Crippen LogP contribution in [0.3, 0.4) is 0 Å². The van der Waals surface area contributed by atoms with Crippen LogP contribution in [0, 0.1) is 0 Å². The Hall–Kier alpha value is -1.78. The zero-order chi connectivity index (χ0) is 14.8. The number of benzene rings is 2. The Kier molecular flexibility index (Phi) is 3.99. The summed E-state index contributed by atoms with van der Waals surface area (Å²) in [6, 6.07) is 16.9. The molecule has 5 heteroatoms. The van der Waals surface area contributed by atoms with Gasteiger partial charge in [-0.3, -0.25) is 4.79 Å². The smallest absolute Gasteiger partial charge is 0.266 e. The second kappa shape index (κ2) is 5.92. The third-order valence-corrected chi connectivity index (χ3v) is 4.71. The van der Waals surface area contributed by atoms with E-state index in [4.69, 9.17) is 11.6 Å². The predicted octanol–water partition coefficient (Wildman–Crippen LogP) is 4.22. The molecule has 1 heterocycles. The number of carbonyl (C=O) groups excluding carboxylic acids is 1. The van der Waals surface area contributed by atoms with Crippen molar-refractivity contribution in [3.8, 4) is 0 Å². The Morgan fingerprint density at radius 2 is 1.76 bits per heavy atom. The van der Waals surface area contributed by atoms with Gasteiger partial charge in [0.15, 0.2) is 0 Å². The SMILES string of the molecule is CC1=NN(c2ccccc2)C(=O)[C@@H]1Sc1ccc(Cl)cc1. The number of hydrazone groups is 1. The van der Waals surface area contributed by atoms with Crippen molar-refractivity contribution in [3.63, 3.8) is 0 Å². The Labute approximate surface area is 132 Å². The Morgan fingerprint density at radius 1 is 1.10 bits per heavy atom. The largest absolute Gasteiger partial charge is 0.271 e. The molecular weight excluding hydrogens is 304 g/mol. The van der Waals surface area contributed by atoms with Crippen molar-refractivity contribution in [1.82, 2.24) is 0 Å². The summed E-state index contributed by atoms with van der Waals surface area (Å²) in [5.74, 6) is -0.0151. The molecule has 1 atom stereocenters. The molecule has 1 amide bonds. The minimum Gasteiger partial charge on any atom is -0.271 e. The fraction of sp³-hybridized carbons (Fsp3) is 0.125. The highest BCUT2D eigenvalue weighted by atomic mass is 35.5. The summed E-state index contributed by atoms with van der Waals surface area (Å²) in [6.07, 6.45) is 0. The van der Waals surface area contributed by atoms with Gasteiger partial charge in [0.1, 0.15) is 5.25 Å². The number of amides is 1. The van der Waals surface area contributed by atoms with Gasteiger partial charge in [-0.2, -0.15) is 10.1 Å². The van der Waals surface area contributed by atoms with Gasteiger partial charge in [-0.05, 0) is 43.3 Å². The Balaban J connectivity index is 1.81. The first kappa shape index (κ1) is 14.2. The van der Waals surface area contributed by atoms with Crippen molar-refractivity contribution >= 4 is 40.7 Å². The number of carbonyl (C=O) groups is 1. The van der Waals surface area contributed by atoms with Gasteiger partial charge in [0.2, 0.25) is 0 Å². The first-order valence-electron chi connectivity index (χ1n) is 6.51. The number of thioether (sulfide) groups is 1. The van der Waals surface area contributed by atoms with Gasteiger partial charge in [-0.25, -0.2) is 0 Å². The zero-order valence-electron chi connectivity index (χ0n) is 11.4. The molecule has 0 saturated heterocycles. The normalized spacial score (nSPS) is 18.0. The molecule has 0 aromatic heterocycles. The van der Waals surface area contributed by atoms with Gasteiger partial charge in [0.05, 0.1) is 11.4 Å². The molecule has 2 aromatic rings. The van der Waals surface area contributed by atoms with Crippen LogP contribution >= 0.6 is 23.4 Å². The summed E-state index contributed by atoms with van der Waals surface area (Å²) in [5.41, 5.74) is 1.60. The third-order valence-electron chi connectivity index (χ3n) is 3.14. The van der Waals surface area contributed by atoms with E-state index in [0.29, 0.717) is 5.02 Å². The van der Waals surface area contributed by atoms with Crippen molar-refractivity contribution in [1.29, 1.82) is 0 Å². The highest BCUT2D eigenvalue weighted by molar-refractivity contribution is 8.01. The predicted molar refractivity (Wildman–Crippen MR) is 88.1 cm³/mol. The van der Waals surface area contributed by atoms with Crippen LogP contribution in [-0.2, 0) is 4.79 Å². The number of halogens is 1. The molecule has 1 aliphatic heterocycles. The fourth-order valence-corrected chi connectivity index (χ4v) is 3.20. The van der Waals surface area contributed by atoms with E-state index in [9.17, 15) is 4.79 Å². The van der Waals surface area contributed by atoms with Gasteiger partial charge >= 0.3 is 0 Å². The van der Waals surface area contributed by atoms with E-state index in [1.54, 1.807) is 0 Å². The maximum atomic E-state index is 12.6. The van der Waals surface area contributed by atoms with E-state index >= 15 is 0 Å². The zero-order valence-corrected chi connectivity index (χ0v) is 12.9. The lowest BCUT2D eigenvalue weighted by molar-refractivity contribution is -0.116. The van der Waals surface area contributed by atoms with Gasteiger partial charge < -0.3 is 0 Å². The average molecular weight is 317 g/mol. The summed E-state index contributed by atoms with van der Waals surface area (Å²) < 4.78 is 0. The second-order valence-electron chi connectivity index (χ2n) is 4.68. The monoisotopic (exact) mass is 316 g/mol. The van der Waals surface area contributed by atoms with Crippen LogP contribution in [0.5, 0.6) is 0 Å². The Bertz CT molecular complexity index is 685. The van der Waals surface area contributed by atoms with E-state index < -0.39 is 0 Å². The standard InChI is InChI=1S/C16H13ClN2OS/c1-11-15(21-14-9-7-12(17)8-10-14)16(20)19(18-11)13-5-3-2-4-6-13/h2-10,15H,1H3/t15-/m1/s1. The van der Waals surface area contributed by atoms with Crippen LogP contribution in [-0.4, -0.2) is 16.9 Å². The average Bonchev–Trinajstić information content (AvgIpc) is 2.78. The van der Waals surface area contributed by atoms with Crippen LogP contribution in [0.1, 0.15) is 6.92 Å². The lowest BCUT2D eigenvalue weighted by Crippen LogP contribution is -2.28. The van der Waals surface area contributed by atoms with Crippen LogP contribution in [0.2, 0.25) is 5.02 Å². The maximum Gasteiger partial charge on any atom is 0.266 e. The molecule has 0 spiro atoms. The Morgan fingerprint density at radius 3 is 2.43 bits per heavy atom. The molecule has 0 bridgehead atoms. The van der Waals surface area contributed by atoms with Crippen molar-refractivity contribution < 1.29 is 4.79 Å². The van der Waals surface area contributed by atoms with Crippen LogP contribution in [0.25, 0.3) is 0 Å². The molecule has 0 radical (unpaired) electrons. The maximum absolute atomic E-state index is 12.6. The van der Waals surface area contributed by atoms with Crippen molar-refractivity contribution in [3.05, 3.63) is 59.6 Å². The van der Waals surface area contributed by atoms with Crippen molar-refractivity contribution in [2.24, 2.45) is 5.10 Å². The van der Waals surface area contributed by atoms with Gasteiger partial charge in [0, 0.05) is 9.92 Å². The van der Waals surface area contributed by atoms with E-state index in [-0.39, 0.29) is 11.2 Å². The second-order valence-corrected chi connectivity index (χ2v) is 6.29. The summed E-state index contributed by atoms with van der Waals surface area (Å²) in [4.78, 5) is 13.6. The van der Waals surface area contributed by atoms with E-state index in [2.05, 4.69) is 5.10 Å². The summed E-state index contributed by atoms with van der Waals surface area (Å²) >= 11 is 7.37. The highest BCUT2D eigenvalue weighted by Gasteiger charge is 2.35. The lowest BCUT2D eigenvalue weighted by Gasteiger charge is -2.14. The third kappa shape index (κ3) is 2.96.